The second-order valence-corrected chi connectivity index (χ2v) is 15.7. The van der Waals surface area contributed by atoms with Gasteiger partial charge in [-0.25, -0.2) is 0 Å². The summed E-state index contributed by atoms with van der Waals surface area (Å²) in [6.07, 6.45) is 59.9. The first kappa shape index (κ1) is 55.6. The maximum atomic E-state index is 12.8. The van der Waals surface area contributed by atoms with E-state index in [0.717, 1.165) is 103 Å². The first-order valence-electron chi connectivity index (χ1n) is 24.2. The van der Waals surface area contributed by atoms with Gasteiger partial charge >= 0.3 is 17.9 Å². The number of carbonyl (C=O) groups is 3. The SMILES string of the molecule is CC\C=C/C=C\C=C/C=C\C=C/CCCCCC(=O)OCC(COC(=O)CCCCCCC/C=C\C/C=C\CC)OC(=O)CCCCCCCCCCCCCCCC. The molecular formula is C53H88O6. The maximum absolute atomic E-state index is 12.8. The molecule has 59 heavy (non-hydrogen) atoms. The van der Waals surface area contributed by atoms with Crippen molar-refractivity contribution in [1.82, 2.24) is 0 Å². The fraction of sp³-hybridized carbons (Fsp3) is 0.679. The van der Waals surface area contributed by atoms with Gasteiger partial charge in [-0.05, 0) is 64.2 Å². The zero-order valence-electron chi connectivity index (χ0n) is 38.2. The lowest BCUT2D eigenvalue weighted by molar-refractivity contribution is -0.167. The third-order valence-corrected chi connectivity index (χ3v) is 10.0. The highest BCUT2D eigenvalue weighted by Crippen LogP contribution is 2.15. The van der Waals surface area contributed by atoms with Crippen LogP contribution in [0.4, 0.5) is 0 Å². The number of rotatable bonds is 42. The Morgan fingerprint density at radius 1 is 0.373 bits per heavy atom. The van der Waals surface area contributed by atoms with E-state index in [1.165, 1.54) is 70.6 Å². The summed E-state index contributed by atoms with van der Waals surface area (Å²) in [5.41, 5.74) is 0. The largest absolute Gasteiger partial charge is 0.462 e. The Morgan fingerprint density at radius 2 is 0.746 bits per heavy atom. The fourth-order valence-corrected chi connectivity index (χ4v) is 6.44. The van der Waals surface area contributed by atoms with Crippen LogP contribution in [0.2, 0.25) is 0 Å². The number of unbranched alkanes of at least 4 members (excludes halogenated alkanes) is 21. The van der Waals surface area contributed by atoms with Crippen LogP contribution in [0, 0.1) is 0 Å². The molecule has 0 rings (SSSR count). The summed E-state index contributed by atoms with van der Waals surface area (Å²) in [4.78, 5) is 37.8. The zero-order valence-corrected chi connectivity index (χ0v) is 38.2. The first-order valence-corrected chi connectivity index (χ1v) is 24.2. The molecule has 6 heteroatoms. The molecule has 0 spiro atoms. The van der Waals surface area contributed by atoms with E-state index >= 15 is 0 Å². The molecule has 336 valence electrons. The summed E-state index contributed by atoms with van der Waals surface area (Å²) in [5.74, 6) is -0.956. The highest BCUT2D eigenvalue weighted by Gasteiger charge is 2.19. The summed E-state index contributed by atoms with van der Waals surface area (Å²) in [6, 6.07) is 0. The van der Waals surface area contributed by atoms with Gasteiger partial charge in [0, 0.05) is 19.3 Å². The van der Waals surface area contributed by atoms with Crippen LogP contribution in [-0.2, 0) is 28.6 Å². The second-order valence-electron chi connectivity index (χ2n) is 15.7. The van der Waals surface area contributed by atoms with Crippen LogP contribution in [0.5, 0.6) is 0 Å². The number of esters is 3. The Balaban J connectivity index is 4.48. The molecule has 1 atom stereocenters. The van der Waals surface area contributed by atoms with Crippen LogP contribution < -0.4 is 0 Å². The third-order valence-electron chi connectivity index (χ3n) is 10.0. The third kappa shape index (κ3) is 45.5. The molecule has 1 unspecified atom stereocenters. The molecule has 0 bridgehead atoms. The van der Waals surface area contributed by atoms with Crippen molar-refractivity contribution >= 4 is 17.9 Å². The summed E-state index contributed by atoms with van der Waals surface area (Å²) in [5, 5.41) is 0. The number of ether oxygens (including phenoxy) is 3. The van der Waals surface area contributed by atoms with Crippen LogP contribution in [0.3, 0.4) is 0 Å². The van der Waals surface area contributed by atoms with Crippen LogP contribution >= 0.6 is 0 Å². The highest BCUT2D eigenvalue weighted by atomic mass is 16.6. The molecule has 0 amide bonds. The van der Waals surface area contributed by atoms with Crippen LogP contribution in [0.15, 0.2) is 85.1 Å². The van der Waals surface area contributed by atoms with Gasteiger partial charge in [0.1, 0.15) is 13.2 Å². The molecule has 0 radical (unpaired) electrons. The molecular weight excluding hydrogens is 733 g/mol. The van der Waals surface area contributed by atoms with Crippen molar-refractivity contribution < 1.29 is 28.6 Å². The number of carbonyl (C=O) groups excluding carboxylic acids is 3. The van der Waals surface area contributed by atoms with Gasteiger partial charge in [-0.3, -0.25) is 14.4 Å². The van der Waals surface area contributed by atoms with Crippen molar-refractivity contribution in [3.63, 3.8) is 0 Å². The number of allylic oxidation sites excluding steroid dienone is 14. The summed E-state index contributed by atoms with van der Waals surface area (Å²) < 4.78 is 16.7. The molecule has 0 aliphatic rings. The fourth-order valence-electron chi connectivity index (χ4n) is 6.44. The van der Waals surface area contributed by atoms with E-state index in [9.17, 15) is 14.4 Å². The smallest absolute Gasteiger partial charge is 0.306 e. The standard InChI is InChI=1S/C53H88O6/c1-4-7-10-13-16-19-22-25-27-29-31-34-37-40-43-46-52(55)58-49-50(48-57-51(54)45-42-39-36-33-30-24-21-18-15-12-9-6-3)59-53(56)47-44-41-38-35-32-28-26-23-20-17-14-11-8-5-2/h7,9-10,12-13,16,18-19,21-22,25,27,29,31,50H,4-6,8,11,14-15,17,20,23-24,26,28,30,32-49H2,1-3H3/b10-7-,12-9-,16-13-,21-18-,22-19-,27-25-,31-29-. The van der Waals surface area contributed by atoms with Gasteiger partial charge in [-0.2, -0.15) is 0 Å². The lowest BCUT2D eigenvalue weighted by atomic mass is 10.0. The van der Waals surface area contributed by atoms with E-state index in [1.807, 2.05) is 48.6 Å². The Morgan fingerprint density at radius 3 is 1.24 bits per heavy atom. The van der Waals surface area contributed by atoms with E-state index in [2.05, 4.69) is 57.2 Å². The lowest BCUT2D eigenvalue weighted by Crippen LogP contribution is -2.30. The van der Waals surface area contributed by atoms with Crippen molar-refractivity contribution in [2.75, 3.05) is 13.2 Å². The molecule has 6 nitrogen and oxygen atoms in total. The average molecular weight is 821 g/mol. The average Bonchev–Trinajstić information content (AvgIpc) is 3.23. The van der Waals surface area contributed by atoms with Gasteiger partial charge in [0.05, 0.1) is 0 Å². The second kappa shape index (κ2) is 47.3. The highest BCUT2D eigenvalue weighted by molar-refractivity contribution is 5.71. The van der Waals surface area contributed by atoms with Crippen LogP contribution in [0.25, 0.3) is 0 Å². The minimum atomic E-state index is -0.797. The van der Waals surface area contributed by atoms with E-state index in [-0.39, 0.29) is 31.1 Å². The van der Waals surface area contributed by atoms with Crippen LogP contribution in [-0.4, -0.2) is 37.2 Å². The van der Waals surface area contributed by atoms with Gasteiger partial charge in [0.15, 0.2) is 6.10 Å². The summed E-state index contributed by atoms with van der Waals surface area (Å²) in [6.45, 7) is 6.32. The van der Waals surface area contributed by atoms with Crippen molar-refractivity contribution in [2.45, 2.75) is 219 Å². The topological polar surface area (TPSA) is 78.9 Å². The molecule has 0 saturated heterocycles. The first-order chi connectivity index (χ1) is 29.0. The predicted molar refractivity (Wildman–Crippen MR) is 251 cm³/mol. The molecule has 0 aromatic heterocycles. The number of hydrogen-bond donors (Lipinski definition) is 0. The zero-order chi connectivity index (χ0) is 43.0. The maximum Gasteiger partial charge on any atom is 0.306 e. The Hall–Kier alpha value is -3.41. The number of hydrogen-bond acceptors (Lipinski definition) is 6. The Kier molecular flexibility index (Phi) is 44.5. The lowest BCUT2D eigenvalue weighted by Gasteiger charge is -2.18. The predicted octanol–water partition coefficient (Wildman–Crippen LogP) is 15.6. The van der Waals surface area contributed by atoms with E-state index in [0.29, 0.717) is 19.3 Å². The minimum Gasteiger partial charge on any atom is -0.462 e. The molecule has 0 saturated carbocycles. The van der Waals surface area contributed by atoms with Crippen molar-refractivity contribution in [3.8, 4) is 0 Å². The van der Waals surface area contributed by atoms with E-state index < -0.39 is 6.10 Å². The molecule has 0 aromatic carbocycles. The quantitative estimate of drug-likeness (QED) is 0.0201. The molecule has 0 fully saturated rings. The van der Waals surface area contributed by atoms with Gasteiger partial charge in [0.25, 0.3) is 0 Å². The van der Waals surface area contributed by atoms with Gasteiger partial charge in [0.2, 0.25) is 0 Å². The Bertz CT molecular complexity index is 1170. The Labute approximate surface area is 363 Å². The van der Waals surface area contributed by atoms with Crippen LogP contribution in [0.1, 0.15) is 213 Å². The van der Waals surface area contributed by atoms with Gasteiger partial charge < -0.3 is 14.2 Å². The molecule has 0 aliphatic carbocycles. The summed E-state index contributed by atoms with van der Waals surface area (Å²) >= 11 is 0. The monoisotopic (exact) mass is 821 g/mol. The molecule has 0 aromatic rings. The molecule has 0 heterocycles. The molecule has 0 aliphatic heterocycles. The normalized spacial score (nSPS) is 12.8. The van der Waals surface area contributed by atoms with E-state index in [1.54, 1.807) is 0 Å². The van der Waals surface area contributed by atoms with E-state index in [4.69, 9.17) is 14.2 Å². The van der Waals surface area contributed by atoms with Gasteiger partial charge in [-0.15, -0.1) is 0 Å². The minimum absolute atomic E-state index is 0.0973. The molecule has 0 N–H and O–H groups in total. The van der Waals surface area contributed by atoms with Crippen molar-refractivity contribution in [2.24, 2.45) is 0 Å². The van der Waals surface area contributed by atoms with Crippen molar-refractivity contribution in [3.05, 3.63) is 85.1 Å². The summed E-state index contributed by atoms with van der Waals surface area (Å²) in [7, 11) is 0. The van der Waals surface area contributed by atoms with Gasteiger partial charge in [-0.1, -0.05) is 215 Å². The van der Waals surface area contributed by atoms with Crippen molar-refractivity contribution in [1.29, 1.82) is 0 Å².